The monoisotopic (exact) mass is 257 g/mol. The molecule has 0 aliphatic heterocycles. The van der Waals surface area contributed by atoms with Gasteiger partial charge in [-0.3, -0.25) is 4.79 Å². The molecule has 1 aromatic rings. The summed E-state index contributed by atoms with van der Waals surface area (Å²) in [7, 11) is 0. The fourth-order valence-electron chi connectivity index (χ4n) is 1.09. The first-order valence-corrected chi connectivity index (χ1v) is 5.12. The maximum absolute atomic E-state index is 11.2. The summed E-state index contributed by atoms with van der Waals surface area (Å²) in [5.74, 6) is -0.249. The number of nitrogen functional groups attached to an aromatic ring is 1. The van der Waals surface area contributed by atoms with Crippen molar-refractivity contribution in [2.45, 2.75) is 13.3 Å². The predicted molar refractivity (Wildman–Crippen MR) is 58.9 cm³/mol. The van der Waals surface area contributed by atoms with E-state index in [0.29, 0.717) is 12.3 Å². The molecule has 0 aromatic heterocycles. The Morgan fingerprint density at radius 1 is 1.57 bits per heavy atom. The number of carbonyl (C=O) groups is 1. The van der Waals surface area contributed by atoms with Gasteiger partial charge in [0.25, 0.3) is 0 Å². The van der Waals surface area contributed by atoms with E-state index in [4.69, 9.17) is 10.5 Å². The average Bonchev–Trinajstić information content (AvgIpc) is 2.10. The molecule has 0 aliphatic rings. The Bertz CT molecular complexity index is 339. The topological polar surface area (TPSA) is 52.3 Å². The van der Waals surface area contributed by atoms with Crippen molar-refractivity contribution in [1.82, 2.24) is 0 Å². The van der Waals surface area contributed by atoms with Gasteiger partial charge >= 0.3 is 5.97 Å². The van der Waals surface area contributed by atoms with Crippen LogP contribution in [0.3, 0.4) is 0 Å². The minimum atomic E-state index is -0.249. The largest absolute Gasteiger partial charge is 0.466 e. The zero-order valence-electron chi connectivity index (χ0n) is 7.92. The molecule has 0 radical (unpaired) electrons. The second-order valence-corrected chi connectivity index (χ2v) is 3.74. The standard InChI is InChI=1S/C10H12BrNO2/c1-2-14-10(13)5-7-3-4-8(11)6-9(7)12/h3-4,6H,2,5,12H2,1H3. The third-order valence-electron chi connectivity index (χ3n) is 1.75. The van der Waals surface area contributed by atoms with E-state index in [2.05, 4.69) is 15.9 Å². The Labute approximate surface area is 91.4 Å². The maximum atomic E-state index is 11.2. The van der Waals surface area contributed by atoms with Crippen LogP contribution in [0.1, 0.15) is 12.5 Å². The first kappa shape index (κ1) is 11.0. The Balaban J connectivity index is 2.72. The molecule has 0 fully saturated rings. The molecular formula is C10H12BrNO2. The molecule has 76 valence electrons. The molecule has 0 bridgehead atoms. The van der Waals surface area contributed by atoms with Crippen molar-refractivity contribution in [2.75, 3.05) is 12.3 Å². The van der Waals surface area contributed by atoms with Crippen LogP contribution in [0.25, 0.3) is 0 Å². The molecule has 2 N–H and O–H groups in total. The van der Waals surface area contributed by atoms with Gasteiger partial charge in [-0.1, -0.05) is 22.0 Å². The highest BCUT2D eigenvalue weighted by atomic mass is 79.9. The predicted octanol–water partition coefficient (Wildman–Crippen LogP) is 2.14. The quantitative estimate of drug-likeness (QED) is 0.667. The second kappa shape index (κ2) is 5.00. The Hall–Kier alpha value is -1.03. The van der Waals surface area contributed by atoms with E-state index in [-0.39, 0.29) is 12.4 Å². The van der Waals surface area contributed by atoms with Gasteiger partial charge in [-0.2, -0.15) is 0 Å². The van der Waals surface area contributed by atoms with E-state index >= 15 is 0 Å². The summed E-state index contributed by atoms with van der Waals surface area (Å²) in [4.78, 5) is 11.2. The van der Waals surface area contributed by atoms with Crippen LogP contribution in [0, 0.1) is 0 Å². The second-order valence-electron chi connectivity index (χ2n) is 2.82. The Morgan fingerprint density at radius 3 is 2.86 bits per heavy atom. The van der Waals surface area contributed by atoms with Gasteiger partial charge in [0.2, 0.25) is 0 Å². The lowest BCUT2D eigenvalue weighted by Gasteiger charge is -2.05. The van der Waals surface area contributed by atoms with E-state index < -0.39 is 0 Å². The first-order chi connectivity index (χ1) is 6.63. The van der Waals surface area contributed by atoms with Crippen molar-refractivity contribution in [2.24, 2.45) is 0 Å². The van der Waals surface area contributed by atoms with E-state index in [1.54, 1.807) is 13.0 Å². The number of benzene rings is 1. The average molecular weight is 258 g/mol. The van der Waals surface area contributed by atoms with Crippen LogP contribution in [0.5, 0.6) is 0 Å². The molecule has 0 atom stereocenters. The van der Waals surface area contributed by atoms with Gasteiger partial charge < -0.3 is 10.5 Å². The van der Waals surface area contributed by atoms with Crippen molar-refractivity contribution >= 4 is 27.6 Å². The summed E-state index contributed by atoms with van der Waals surface area (Å²) in [5.41, 5.74) is 7.13. The fraction of sp³-hybridized carbons (Fsp3) is 0.300. The van der Waals surface area contributed by atoms with Gasteiger partial charge in [-0.15, -0.1) is 0 Å². The van der Waals surface area contributed by atoms with Crippen molar-refractivity contribution in [1.29, 1.82) is 0 Å². The molecule has 3 nitrogen and oxygen atoms in total. The van der Waals surface area contributed by atoms with Crippen molar-refractivity contribution < 1.29 is 9.53 Å². The Morgan fingerprint density at radius 2 is 2.29 bits per heavy atom. The fourth-order valence-corrected chi connectivity index (χ4v) is 1.47. The molecule has 0 amide bonds. The van der Waals surface area contributed by atoms with Gasteiger partial charge in [-0.05, 0) is 24.6 Å². The summed E-state index contributed by atoms with van der Waals surface area (Å²) >= 11 is 3.30. The van der Waals surface area contributed by atoms with E-state index in [9.17, 15) is 4.79 Å². The number of hydrogen-bond donors (Lipinski definition) is 1. The van der Waals surface area contributed by atoms with Crippen LogP contribution < -0.4 is 5.73 Å². The highest BCUT2D eigenvalue weighted by Gasteiger charge is 2.06. The van der Waals surface area contributed by atoms with Crippen molar-refractivity contribution in [3.8, 4) is 0 Å². The van der Waals surface area contributed by atoms with Crippen LogP contribution in [-0.2, 0) is 16.0 Å². The van der Waals surface area contributed by atoms with Gasteiger partial charge in [0, 0.05) is 10.2 Å². The smallest absolute Gasteiger partial charge is 0.310 e. The van der Waals surface area contributed by atoms with E-state index in [1.165, 1.54) is 0 Å². The number of anilines is 1. The summed E-state index contributed by atoms with van der Waals surface area (Å²) in [6.45, 7) is 2.18. The van der Waals surface area contributed by atoms with E-state index in [0.717, 1.165) is 10.0 Å². The lowest BCUT2D eigenvalue weighted by molar-refractivity contribution is -0.142. The molecular weight excluding hydrogens is 246 g/mol. The van der Waals surface area contributed by atoms with Gasteiger partial charge in [0.15, 0.2) is 0 Å². The molecule has 1 rings (SSSR count). The van der Waals surface area contributed by atoms with Crippen LogP contribution >= 0.6 is 15.9 Å². The lowest BCUT2D eigenvalue weighted by atomic mass is 10.1. The number of hydrogen-bond acceptors (Lipinski definition) is 3. The highest BCUT2D eigenvalue weighted by Crippen LogP contribution is 2.19. The van der Waals surface area contributed by atoms with Crippen LogP contribution in [0.2, 0.25) is 0 Å². The molecule has 0 unspecified atom stereocenters. The zero-order valence-corrected chi connectivity index (χ0v) is 9.50. The van der Waals surface area contributed by atoms with Gasteiger partial charge in [0.1, 0.15) is 0 Å². The Kier molecular flexibility index (Phi) is 3.95. The molecule has 0 saturated carbocycles. The van der Waals surface area contributed by atoms with Crippen molar-refractivity contribution in [3.05, 3.63) is 28.2 Å². The zero-order chi connectivity index (χ0) is 10.6. The number of carbonyl (C=O) groups excluding carboxylic acids is 1. The summed E-state index contributed by atoms with van der Waals surface area (Å²) < 4.78 is 5.73. The number of esters is 1. The minimum absolute atomic E-state index is 0.229. The first-order valence-electron chi connectivity index (χ1n) is 4.33. The van der Waals surface area contributed by atoms with Crippen molar-refractivity contribution in [3.63, 3.8) is 0 Å². The number of rotatable bonds is 3. The molecule has 0 heterocycles. The van der Waals surface area contributed by atoms with Crippen LogP contribution in [-0.4, -0.2) is 12.6 Å². The highest BCUT2D eigenvalue weighted by molar-refractivity contribution is 9.10. The number of nitrogens with two attached hydrogens (primary N) is 1. The minimum Gasteiger partial charge on any atom is -0.466 e. The molecule has 0 saturated heterocycles. The SMILES string of the molecule is CCOC(=O)Cc1ccc(Br)cc1N. The lowest BCUT2D eigenvalue weighted by Crippen LogP contribution is -2.09. The maximum Gasteiger partial charge on any atom is 0.310 e. The normalized spacial score (nSPS) is 9.86. The van der Waals surface area contributed by atoms with Crippen LogP contribution in [0.4, 0.5) is 5.69 Å². The molecule has 1 aromatic carbocycles. The van der Waals surface area contributed by atoms with Gasteiger partial charge in [-0.25, -0.2) is 0 Å². The molecule has 0 aliphatic carbocycles. The molecule has 0 spiro atoms. The number of ether oxygens (including phenoxy) is 1. The third-order valence-corrected chi connectivity index (χ3v) is 2.24. The van der Waals surface area contributed by atoms with Crippen LogP contribution in [0.15, 0.2) is 22.7 Å². The summed E-state index contributed by atoms with van der Waals surface area (Å²) in [5, 5.41) is 0. The third kappa shape index (κ3) is 3.03. The molecule has 4 heteroatoms. The summed E-state index contributed by atoms with van der Waals surface area (Å²) in [6.07, 6.45) is 0.229. The molecule has 14 heavy (non-hydrogen) atoms. The summed E-state index contributed by atoms with van der Waals surface area (Å²) in [6, 6.07) is 5.44. The number of halogens is 1. The van der Waals surface area contributed by atoms with E-state index in [1.807, 2.05) is 12.1 Å². The van der Waals surface area contributed by atoms with Gasteiger partial charge in [0.05, 0.1) is 13.0 Å².